The standard InChI is InChI=1S/C36H37N7O6S3/c1-2-49-28-10-8-26(9-11-28)27-22-30(51-25-27)24-41-17-19-42(20-18-41)35-15-14-33(38-39-35)36(44)40-52(47,48)31-12-13-32(34(23-31)43(45)46)37-16-21-50-29-6-4-3-5-7-29/h3-15,22-23,25,37H,2,16-21,24H2,1H3,(H,40,44). The van der Waals surface area contributed by atoms with Crippen LogP contribution in [0, 0.1) is 10.1 Å². The Hall–Kier alpha value is -5.03. The molecule has 0 atom stereocenters. The highest BCUT2D eigenvalue weighted by Crippen LogP contribution is 2.30. The summed E-state index contributed by atoms with van der Waals surface area (Å²) < 4.78 is 33.6. The summed E-state index contributed by atoms with van der Waals surface area (Å²) >= 11 is 3.32. The van der Waals surface area contributed by atoms with E-state index in [1.807, 2.05) is 54.1 Å². The van der Waals surface area contributed by atoms with Crippen LogP contribution < -0.4 is 19.7 Å². The summed E-state index contributed by atoms with van der Waals surface area (Å²) in [6.45, 7) is 6.90. The Bertz CT molecular complexity index is 2090. The number of aromatic nitrogens is 2. The lowest BCUT2D eigenvalue weighted by Gasteiger charge is -2.34. The number of piperazine rings is 1. The molecular weight excluding hydrogens is 723 g/mol. The van der Waals surface area contributed by atoms with Crippen LogP contribution in [0.4, 0.5) is 17.2 Å². The smallest absolute Gasteiger partial charge is 0.293 e. The summed E-state index contributed by atoms with van der Waals surface area (Å²) in [6.07, 6.45) is 0. The minimum atomic E-state index is -4.45. The first-order valence-corrected chi connectivity index (χ1v) is 19.9. The third kappa shape index (κ3) is 9.44. The number of nitro groups is 1. The minimum absolute atomic E-state index is 0.173. The Labute approximate surface area is 310 Å². The molecule has 0 saturated carbocycles. The lowest BCUT2D eigenvalue weighted by atomic mass is 10.1. The second-order valence-corrected chi connectivity index (χ2v) is 15.6. The molecule has 1 amide bonds. The molecular formula is C36H37N7O6S3. The molecule has 0 bridgehead atoms. The van der Waals surface area contributed by atoms with Crippen molar-refractivity contribution in [1.29, 1.82) is 0 Å². The van der Waals surface area contributed by atoms with E-state index >= 15 is 0 Å². The number of nitro benzene ring substituents is 1. The van der Waals surface area contributed by atoms with Crippen molar-refractivity contribution in [3.8, 4) is 16.9 Å². The summed E-state index contributed by atoms with van der Waals surface area (Å²) in [5.41, 5.74) is 1.89. The fourth-order valence-corrected chi connectivity index (χ4v) is 8.28. The van der Waals surface area contributed by atoms with Crippen LogP contribution >= 0.6 is 23.1 Å². The van der Waals surface area contributed by atoms with Gasteiger partial charge in [0.25, 0.3) is 21.6 Å². The van der Waals surface area contributed by atoms with Crippen LogP contribution in [0.15, 0.2) is 106 Å². The Morgan fingerprint density at radius 3 is 2.42 bits per heavy atom. The molecule has 1 saturated heterocycles. The quantitative estimate of drug-likeness (QED) is 0.0543. The van der Waals surface area contributed by atoms with Crippen LogP contribution in [0.5, 0.6) is 5.75 Å². The summed E-state index contributed by atoms with van der Waals surface area (Å²) in [5.74, 6) is 1.08. The maximum Gasteiger partial charge on any atom is 0.293 e. The van der Waals surface area contributed by atoms with E-state index in [0.717, 1.165) is 41.9 Å². The van der Waals surface area contributed by atoms with Crippen molar-refractivity contribution >= 4 is 56.2 Å². The van der Waals surface area contributed by atoms with Crippen molar-refractivity contribution in [3.05, 3.63) is 117 Å². The molecule has 6 rings (SSSR count). The highest BCUT2D eigenvalue weighted by atomic mass is 32.2. The Morgan fingerprint density at radius 2 is 1.73 bits per heavy atom. The predicted octanol–water partition coefficient (Wildman–Crippen LogP) is 6.16. The fraction of sp³-hybridized carbons (Fsp3) is 0.250. The molecule has 0 unspecified atom stereocenters. The number of ether oxygens (including phenoxy) is 1. The zero-order chi connectivity index (χ0) is 36.5. The molecule has 3 aromatic carbocycles. The Morgan fingerprint density at radius 1 is 0.962 bits per heavy atom. The number of amides is 1. The van der Waals surface area contributed by atoms with Crippen molar-refractivity contribution < 1.29 is 22.9 Å². The molecule has 1 fully saturated rings. The summed E-state index contributed by atoms with van der Waals surface area (Å²) in [6, 6.07) is 26.6. The van der Waals surface area contributed by atoms with Gasteiger partial charge in [-0.05, 0) is 78.0 Å². The molecule has 3 heterocycles. The molecule has 0 radical (unpaired) electrons. The van der Waals surface area contributed by atoms with E-state index in [9.17, 15) is 23.3 Å². The van der Waals surface area contributed by atoms with Gasteiger partial charge in [0.05, 0.1) is 16.4 Å². The van der Waals surface area contributed by atoms with Crippen molar-refractivity contribution in [2.45, 2.75) is 23.3 Å². The monoisotopic (exact) mass is 759 g/mol. The number of anilines is 2. The van der Waals surface area contributed by atoms with E-state index in [-0.39, 0.29) is 11.4 Å². The largest absolute Gasteiger partial charge is 0.494 e. The molecule has 1 aliphatic heterocycles. The van der Waals surface area contributed by atoms with Crippen LogP contribution in [0.1, 0.15) is 22.3 Å². The highest BCUT2D eigenvalue weighted by molar-refractivity contribution is 7.99. The molecule has 0 spiro atoms. The third-order valence-electron chi connectivity index (χ3n) is 8.24. The third-order valence-corrected chi connectivity index (χ3v) is 11.5. The molecule has 270 valence electrons. The topological polar surface area (TPSA) is 160 Å². The number of thiophene rings is 1. The Balaban J connectivity index is 0.993. The molecule has 1 aliphatic rings. The average Bonchev–Trinajstić information content (AvgIpc) is 3.63. The van der Waals surface area contributed by atoms with E-state index in [2.05, 4.69) is 48.9 Å². The molecule has 52 heavy (non-hydrogen) atoms. The molecule has 16 heteroatoms. The van der Waals surface area contributed by atoms with Gasteiger partial charge in [-0.25, -0.2) is 13.1 Å². The zero-order valence-electron chi connectivity index (χ0n) is 28.3. The van der Waals surface area contributed by atoms with Gasteiger partial charge in [-0.1, -0.05) is 30.3 Å². The van der Waals surface area contributed by atoms with Crippen LogP contribution in [-0.4, -0.2) is 79.4 Å². The van der Waals surface area contributed by atoms with E-state index < -0.39 is 31.4 Å². The molecule has 2 aromatic heterocycles. The van der Waals surface area contributed by atoms with Gasteiger partial charge in [-0.15, -0.1) is 33.3 Å². The number of benzene rings is 3. The maximum absolute atomic E-state index is 13.1. The van der Waals surface area contributed by atoms with Gasteiger partial charge in [-0.2, -0.15) is 0 Å². The van der Waals surface area contributed by atoms with Gasteiger partial charge in [0.2, 0.25) is 0 Å². The minimum Gasteiger partial charge on any atom is -0.494 e. The number of hydrogen-bond acceptors (Lipinski definition) is 13. The van der Waals surface area contributed by atoms with E-state index in [4.69, 9.17) is 4.74 Å². The van der Waals surface area contributed by atoms with Gasteiger partial charge in [0.1, 0.15) is 11.4 Å². The summed E-state index contributed by atoms with van der Waals surface area (Å²) in [5, 5.41) is 25.1. The lowest BCUT2D eigenvalue weighted by molar-refractivity contribution is -0.384. The number of nitrogens with zero attached hydrogens (tertiary/aromatic N) is 5. The highest BCUT2D eigenvalue weighted by Gasteiger charge is 2.25. The fourth-order valence-electron chi connectivity index (χ4n) is 5.58. The second kappa shape index (κ2) is 17.0. The first-order chi connectivity index (χ1) is 25.2. The predicted molar refractivity (Wildman–Crippen MR) is 204 cm³/mol. The van der Waals surface area contributed by atoms with Crippen LogP contribution in [0.2, 0.25) is 0 Å². The van der Waals surface area contributed by atoms with Gasteiger partial charge >= 0.3 is 0 Å². The molecule has 13 nitrogen and oxygen atoms in total. The number of nitrogens with one attached hydrogen (secondary N) is 2. The van der Waals surface area contributed by atoms with E-state index in [1.54, 1.807) is 29.2 Å². The van der Waals surface area contributed by atoms with E-state index in [0.29, 0.717) is 37.8 Å². The lowest BCUT2D eigenvalue weighted by Crippen LogP contribution is -2.46. The van der Waals surface area contributed by atoms with Crippen LogP contribution in [0.3, 0.4) is 0 Å². The van der Waals surface area contributed by atoms with Gasteiger partial charge in [-0.3, -0.25) is 19.8 Å². The normalized spacial score (nSPS) is 13.4. The van der Waals surface area contributed by atoms with Crippen molar-refractivity contribution in [1.82, 2.24) is 19.8 Å². The SMILES string of the molecule is CCOc1ccc(-c2csc(CN3CCN(c4ccc(C(=O)NS(=O)(=O)c5ccc(NCCSc6ccccc6)c([N+](=O)[O-])c5)nn4)CC3)c2)cc1. The first-order valence-electron chi connectivity index (χ1n) is 16.6. The van der Waals surface area contributed by atoms with Crippen molar-refractivity contribution in [2.75, 3.05) is 55.3 Å². The van der Waals surface area contributed by atoms with Crippen molar-refractivity contribution in [3.63, 3.8) is 0 Å². The number of thioether (sulfide) groups is 1. The number of carbonyl (C=O) groups excluding carboxylic acids is 1. The summed E-state index contributed by atoms with van der Waals surface area (Å²) in [4.78, 5) is 30.4. The Kier molecular flexibility index (Phi) is 12.0. The maximum atomic E-state index is 13.1. The van der Waals surface area contributed by atoms with E-state index in [1.165, 1.54) is 28.6 Å². The zero-order valence-corrected chi connectivity index (χ0v) is 30.8. The summed E-state index contributed by atoms with van der Waals surface area (Å²) in [7, 11) is -4.45. The molecule has 0 aliphatic carbocycles. The van der Waals surface area contributed by atoms with Gasteiger partial charge in [0.15, 0.2) is 11.5 Å². The molecule has 2 N–H and O–H groups in total. The number of carbonyl (C=O) groups is 1. The number of rotatable bonds is 15. The number of sulfonamides is 1. The van der Waals surface area contributed by atoms with Crippen LogP contribution in [-0.2, 0) is 16.6 Å². The second-order valence-electron chi connectivity index (χ2n) is 11.8. The first kappa shape index (κ1) is 36.8. The number of hydrogen-bond donors (Lipinski definition) is 2. The van der Waals surface area contributed by atoms with Gasteiger partial charge < -0.3 is 15.0 Å². The van der Waals surface area contributed by atoms with Crippen LogP contribution in [0.25, 0.3) is 11.1 Å². The average molecular weight is 760 g/mol. The molecule has 5 aromatic rings. The van der Waals surface area contributed by atoms with Crippen molar-refractivity contribution in [2.24, 2.45) is 0 Å². The van der Waals surface area contributed by atoms with Gasteiger partial charge in [0, 0.05) is 60.9 Å².